The number of primary amides is 1. The topological polar surface area (TPSA) is 96.2 Å². The summed E-state index contributed by atoms with van der Waals surface area (Å²) >= 11 is 0. The van der Waals surface area contributed by atoms with Crippen LogP contribution < -0.4 is 10.5 Å². The molecule has 3 aromatic heterocycles. The molecule has 4 aromatic rings. The summed E-state index contributed by atoms with van der Waals surface area (Å²) in [5, 5.41) is 4.32. The number of aryl methyl sites for hydroxylation is 1. The third kappa shape index (κ3) is 2.93. The number of rotatable bonds is 5. The van der Waals surface area contributed by atoms with Gasteiger partial charge in [-0.25, -0.2) is 0 Å². The molecule has 1 amide bonds. The lowest BCUT2D eigenvalue weighted by atomic mass is 10.1. The summed E-state index contributed by atoms with van der Waals surface area (Å²) in [6, 6.07) is 8.70. The number of benzene rings is 1. The average molecular weight is 362 g/mol. The van der Waals surface area contributed by atoms with Crippen molar-refractivity contribution in [1.82, 2.24) is 14.8 Å². The number of aromatic nitrogens is 3. The van der Waals surface area contributed by atoms with Gasteiger partial charge in [0, 0.05) is 41.7 Å². The quantitative estimate of drug-likeness (QED) is 0.586. The molecule has 27 heavy (non-hydrogen) atoms. The van der Waals surface area contributed by atoms with Crippen LogP contribution >= 0.6 is 0 Å². The Morgan fingerprint density at radius 1 is 1.26 bits per heavy atom. The minimum atomic E-state index is -0.513. The molecule has 4 rings (SSSR count). The number of carbonyl (C=O) groups excluding carboxylic acids is 1. The minimum absolute atomic E-state index is 0.378. The summed E-state index contributed by atoms with van der Waals surface area (Å²) in [4.78, 5) is 16.0. The fourth-order valence-electron chi connectivity index (χ4n) is 3.03. The Morgan fingerprint density at radius 2 is 2.11 bits per heavy atom. The van der Waals surface area contributed by atoms with Gasteiger partial charge in [0.2, 0.25) is 5.91 Å². The highest BCUT2D eigenvalue weighted by Gasteiger charge is 2.17. The van der Waals surface area contributed by atoms with Crippen LogP contribution in [0.2, 0.25) is 0 Å². The molecule has 0 saturated carbocycles. The molecule has 0 aliphatic heterocycles. The third-order valence-corrected chi connectivity index (χ3v) is 4.43. The SMILES string of the molecule is CCn1cc(-c2ccnc3cc(-c4cc(C(N)=O)ccc4OC)oc23)cn1. The number of ether oxygens (including phenoxy) is 1. The standard InChI is InChI=1S/C20H18N4O3/c1-3-24-11-13(10-23-24)14-6-7-22-16-9-18(27-19(14)16)15-8-12(20(21)25)4-5-17(15)26-2/h4-11H,3H2,1-2H3,(H2,21,25). The van der Waals surface area contributed by atoms with Gasteiger partial charge in [0.05, 0.1) is 18.9 Å². The summed E-state index contributed by atoms with van der Waals surface area (Å²) in [7, 11) is 1.56. The van der Waals surface area contributed by atoms with E-state index in [9.17, 15) is 4.79 Å². The van der Waals surface area contributed by atoms with Crippen LogP contribution in [-0.4, -0.2) is 27.8 Å². The zero-order chi connectivity index (χ0) is 19.0. The molecule has 0 unspecified atom stereocenters. The van der Waals surface area contributed by atoms with Crippen molar-refractivity contribution in [3.8, 4) is 28.2 Å². The van der Waals surface area contributed by atoms with Gasteiger partial charge in [-0.2, -0.15) is 5.10 Å². The average Bonchev–Trinajstić information content (AvgIpc) is 3.33. The molecular weight excluding hydrogens is 344 g/mol. The maximum Gasteiger partial charge on any atom is 0.248 e. The number of furan rings is 1. The first-order valence-corrected chi connectivity index (χ1v) is 8.50. The molecule has 1 aromatic carbocycles. The largest absolute Gasteiger partial charge is 0.496 e. The summed E-state index contributed by atoms with van der Waals surface area (Å²) in [6.07, 6.45) is 5.50. The van der Waals surface area contributed by atoms with Crippen molar-refractivity contribution in [3.63, 3.8) is 0 Å². The van der Waals surface area contributed by atoms with E-state index >= 15 is 0 Å². The molecule has 3 heterocycles. The van der Waals surface area contributed by atoms with E-state index in [0.717, 1.165) is 17.7 Å². The number of hydrogen-bond donors (Lipinski definition) is 1. The van der Waals surface area contributed by atoms with E-state index in [1.165, 1.54) is 0 Å². The van der Waals surface area contributed by atoms with E-state index in [0.29, 0.717) is 33.7 Å². The van der Waals surface area contributed by atoms with Gasteiger partial charge >= 0.3 is 0 Å². The lowest BCUT2D eigenvalue weighted by Crippen LogP contribution is -2.10. The molecule has 0 radical (unpaired) electrons. The number of amides is 1. The molecule has 0 fully saturated rings. The lowest BCUT2D eigenvalue weighted by Gasteiger charge is -2.07. The van der Waals surface area contributed by atoms with Crippen molar-refractivity contribution < 1.29 is 13.9 Å². The fourth-order valence-corrected chi connectivity index (χ4v) is 3.03. The molecule has 7 heteroatoms. The number of hydrogen-bond acceptors (Lipinski definition) is 5. The van der Waals surface area contributed by atoms with E-state index in [-0.39, 0.29) is 0 Å². The van der Waals surface area contributed by atoms with Crippen LogP contribution in [0, 0.1) is 0 Å². The van der Waals surface area contributed by atoms with E-state index in [1.807, 2.05) is 29.9 Å². The van der Waals surface area contributed by atoms with E-state index < -0.39 is 5.91 Å². The van der Waals surface area contributed by atoms with E-state index in [1.54, 1.807) is 37.7 Å². The molecule has 136 valence electrons. The first kappa shape index (κ1) is 16.8. The van der Waals surface area contributed by atoms with Gasteiger partial charge in [-0.1, -0.05) is 0 Å². The molecule has 0 aliphatic rings. The van der Waals surface area contributed by atoms with Crippen LogP contribution in [0.25, 0.3) is 33.6 Å². The second-order valence-corrected chi connectivity index (χ2v) is 6.05. The molecule has 2 N–H and O–H groups in total. The second-order valence-electron chi connectivity index (χ2n) is 6.05. The molecule has 0 aliphatic carbocycles. The molecule has 0 atom stereocenters. The predicted molar refractivity (Wildman–Crippen MR) is 101 cm³/mol. The maximum absolute atomic E-state index is 11.6. The van der Waals surface area contributed by atoms with Gasteiger partial charge in [-0.3, -0.25) is 14.5 Å². The number of fused-ring (bicyclic) bond motifs is 1. The van der Waals surface area contributed by atoms with Gasteiger partial charge in [0.1, 0.15) is 17.0 Å². The zero-order valence-corrected chi connectivity index (χ0v) is 15.0. The Hall–Kier alpha value is -3.61. The molecule has 0 bridgehead atoms. The van der Waals surface area contributed by atoms with Crippen LogP contribution in [-0.2, 0) is 6.54 Å². The fraction of sp³-hybridized carbons (Fsp3) is 0.150. The van der Waals surface area contributed by atoms with Crippen LogP contribution in [0.5, 0.6) is 5.75 Å². The molecule has 0 saturated heterocycles. The van der Waals surface area contributed by atoms with Crippen molar-refractivity contribution in [3.05, 3.63) is 54.5 Å². The van der Waals surface area contributed by atoms with E-state index in [2.05, 4.69) is 10.1 Å². The molecule has 0 spiro atoms. The maximum atomic E-state index is 11.6. The van der Waals surface area contributed by atoms with E-state index in [4.69, 9.17) is 14.9 Å². The first-order valence-electron chi connectivity index (χ1n) is 8.50. The first-order chi connectivity index (χ1) is 13.1. The number of nitrogens with two attached hydrogens (primary N) is 1. The van der Waals surface area contributed by atoms with Crippen molar-refractivity contribution in [1.29, 1.82) is 0 Å². The zero-order valence-electron chi connectivity index (χ0n) is 15.0. The summed E-state index contributed by atoms with van der Waals surface area (Å²) in [5.74, 6) is 0.619. The van der Waals surface area contributed by atoms with Gasteiger partial charge in [-0.15, -0.1) is 0 Å². The Bertz CT molecular complexity index is 1140. The highest BCUT2D eigenvalue weighted by atomic mass is 16.5. The van der Waals surface area contributed by atoms with Gasteiger partial charge in [0.15, 0.2) is 5.58 Å². The summed E-state index contributed by atoms with van der Waals surface area (Å²) < 4.78 is 13.4. The molecule has 7 nitrogen and oxygen atoms in total. The normalized spacial score (nSPS) is 11.0. The Morgan fingerprint density at radius 3 is 2.81 bits per heavy atom. The second kappa shape index (κ2) is 6.60. The predicted octanol–water partition coefficient (Wildman–Crippen LogP) is 3.49. The van der Waals surface area contributed by atoms with Crippen LogP contribution in [0.15, 0.2) is 53.3 Å². The third-order valence-electron chi connectivity index (χ3n) is 4.43. The van der Waals surface area contributed by atoms with Crippen LogP contribution in [0.3, 0.4) is 0 Å². The van der Waals surface area contributed by atoms with Crippen molar-refractivity contribution in [2.24, 2.45) is 5.73 Å². The number of pyridine rings is 1. The highest BCUT2D eigenvalue weighted by molar-refractivity contribution is 5.96. The smallest absolute Gasteiger partial charge is 0.248 e. The van der Waals surface area contributed by atoms with Crippen LogP contribution in [0.1, 0.15) is 17.3 Å². The number of carbonyl (C=O) groups is 1. The summed E-state index contributed by atoms with van der Waals surface area (Å²) in [5.41, 5.74) is 9.63. The van der Waals surface area contributed by atoms with Crippen LogP contribution in [0.4, 0.5) is 0 Å². The van der Waals surface area contributed by atoms with Gasteiger partial charge in [0.25, 0.3) is 0 Å². The Labute approximate surface area is 155 Å². The minimum Gasteiger partial charge on any atom is -0.496 e. The van der Waals surface area contributed by atoms with Crippen molar-refractivity contribution >= 4 is 17.0 Å². The number of nitrogens with zero attached hydrogens (tertiary/aromatic N) is 3. The lowest BCUT2D eigenvalue weighted by molar-refractivity contribution is 0.100. The van der Waals surface area contributed by atoms with Crippen molar-refractivity contribution in [2.45, 2.75) is 13.5 Å². The highest BCUT2D eigenvalue weighted by Crippen LogP contribution is 2.37. The van der Waals surface area contributed by atoms with Gasteiger partial charge < -0.3 is 14.9 Å². The van der Waals surface area contributed by atoms with Gasteiger partial charge in [-0.05, 0) is 31.2 Å². The molecular formula is C20H18N4O3. The number of methoxy groups -OCH3 is 1. The Kier molecular flexibility index (Phi) is 4.12. The van der Waals surface area contributed by atoms with Crippen molar-refractivity contribution in [2.75, 3.05) is 7.11 Å². The Balaban J connectivity index is 1.89. The monoisotopic (exact) mass is 362 g/mol. The summed E-state index contributed by atoms with van der Waals surface area (Å²) in [6.45, 7) is 2.82.